The van der Waals surface area contributed by atoms with Crippen LogP contribution in [0, 0.1) is 0 Å². The SMILES string of the molecule is O=C(CN=C1NC(=O)C(c2ccccc2)(c2ccccc2)N1)NCc1ccccc1. The maximum absolute atomic E-state index is 13.1. The lowest BCUT2D eigenvalue weighted by Gasteiger charge is -2.27. The number of hydrogen-bond acceptors (Lipinski definition) is 3. The topological polar surface area (TPSA) is 82.6 Å². The molecular formula is C24H22N4O2. The Balaban J connectivity index is 1.51. The fraction of sp³-hybridized carbons (Fsp3) is 0.125. The lowest BCUT2D eigenvalue weighted by atomic mass is 9.83. The van der Waals surface area contributed by atoms with Crippen LogP contribution in [0.4, 0.5) is 0 Å². The van der Waals surface area contributed by atoms with E-state index in [1.807, 2.05) is 91.0 Å². The number of hydrogen-bond donors (Lipinski definition) is 3. The molecule has 3 aromatic carbocycles. The summed E-state index contributed by atoms with van der Waals surface area (Å²) in [6, 6.07) is 28.6. The highest BCUT2D eigenvalue weighted by Crippen LogP contribution is 2.32. The van der Waals surface area contributed by atoms with Crippen molar-refractivity contribution in [2.75, 3.05) is 6.54 Å². The third-order valence-corrected chi connectivity index (χ3v) is 5.01. The van der Waals surface area contributed by atoms with Crippen LogP contribution >= 0.6 is 0 Å². The maximum Gasteiger partial charge on any atom is 0.261 e. The number of nitrogens with zero attached hydrogens (tertiary/aromatic N) is 1. The minimum absolute atomic E-state index is 0.0882. The summed E-state index contributed by atoms with van der Waals surface area (Å²) in [6.07, 6.45) is 0. The molecule has 1 aliphatic heterocycles. The summed E-state index contributed by atoms with van der Waals surface area (Å²) in [5.41, 5.74) is 1.51. The highest BCUT2D eigenvalue weighted by molar-refractivity contribution is 6.11. The van der Waals surface area contributed by atoms with Crippen molar-refractivity contribution < 1.29 is 9.59 Å². The molecule has 3 aromatic rings. The van der Waals surface area contributed by atoms with E-state index in [1.165, 1.54) is 0 Å². The zero-order valence-electron chi connectivity index (χ0n) is 16.3. The highest BCUT2D eigenvalue weighted by atomic mass is 16.2. The van der Waals surface area contributed by atoms with Gasteiger partial charge in [0.1, 0.15) is 6.54 Å². The smallest absolute Gasteiger partial charge is 0.261 e. The molecule has 30 heavy (non-hydrogen) atoms. The molecule has 1 saturated heterocycles. The van der Waals surface area contributed by atoms with Gasteiger partial charge in [-0.1, -0.05) is 91.0 Å². The van der Waals surface area contributed by atoms with Crippen molar-refractivity contribution in [3.8, 4) is 0 Å². The van der Waals surface area contributed by atoms with Gasteiger partial charge in [0.25, 0.3) is 5.91 Å². The first-order valence-electron chi connectivity index (χ1n) is 9.74. The van der Waals surface area contributed by atoms with Crippen molar-refractivity contribution in [2.45, 2.75) is 12.1 Å². The monoisotopic (exact) mass is 398 g/mol. The van der Waals surface area contributed by atoms with Gasteiger partial charge in [0.15, 0.2) is 11.5 Å². The minimum atomic E-state index is -1.10. The molecule has 1 heterocycles. The summed E-state index contributed by atoms with van der Waals surface area (Å²) in [7, 11) is 0. The molecule has 3 N–H and O–H groups in total. The molecule has 2 amide bonds. The molecule has 0 saturated carbocycles. The van der Waals surface area contributed by atoms with E-state index >= 15 is 0 Å². The second-order valence-corrected chi connectivity index (χ2v) is 6.99. The Morgan fingerprint density at radius 3 is 1.93 bits per heavy atom. The summed E-state index contributed by atoms with van der Waals surface area (Å²) < 4.78 is 0. The van der Waals surface area contributed by atoms with Gasteiger partial charge in [-0.15, -0.1) is 0 Å². The van der Waals surface area contributed by atoms with Gasteiger partial charge in [-0.3, -0.25) is 14.9 Å². The molecular weight excluding hydrogens is 376 g/mol. The van der Waals surface area contributed by atoms with Crippen molar-refractivity contribution in [1.82, 2.24) is 16.0 Å². The average molecular weight is 398 g/mol. The van der Waals surface area contributed by atoms with Gasteiger partial charge in [-0.2, -0.15) is 0 Å². The van der Waals surface area contributed by atoms with Crippen LogP contribution < -0.4 is 16.0 Å². The van der Waals surface area contributed by atoms with E-state index in [1.54, 1.807) is 0 Å². The fourth-order valence-electron chi connectivity index (χ4n) is 3.50. The van der Waals surface area contributed by atoms with Crippen LogP contribution in [0.25, 0.3) is 0 Å². The number of amides is 2. The van der Waals surface area contributed by atoms with E-state index in [9.17, 15) is 9.59 Å². The van der Waals surface area contributed by atoms with Crippen LogP contribution in [0.5, 0.6) is 0 Å². The van der Waals surface area contributed by atoms with Gasteiger partial charge in [-0.25, -0.2) is 4.99 Å². The van der Waals surface area contributed by atoms with E-state index in [0.29, 0.717) is 6.54 Å². The molecule has 0 spiro atoms. The predicted molar refractivity (Wildman–Crippen MR) is 116 cm³/mol. The summed E-state index contributed by atoms with van der Waals surface area (Å²) in [5, 5.41) is 8.85. The zero-order chi connectivity index (χ0) is 20.8. The predicted octanol–water partition coefficient (Wildman–Crippen LogP) is 2.32. The van der Waals surface area contributed by atoms with Crippen LogP contribution in [-0.2, 0) is 21.7 Å². The molecule has 6 heteroatoms. The van der Waals surface area contributed by atoms with E-state index in [0.717, 1.165) is 16.7 Å². The Bertz CT molecular complexity index is 1010. The average Bonchev–Trinajstić information content (AvgIpc) is 3.15. The van der Waals surface area contributed by atoms with Gasteiger partial charge in [0.2, 0.25) is 5.91 Å². The van der Waals surface area contributed by atoms with Crippen LogP contribution in [0.2, 0.25) is 0 Å². The molecule has 150 valence electrons. The molecule has 1 aliphatic rings. The van der Waals surface area contributed by atoms with Crippen molar-refractivity contribution in [3.05, 3.63) is 108 Å². The first kappa shape index (κ1) is 19.4. The molecule has 1 fully saturated rings. The van der Waals surface area contributed by atoms with Gasteiger partial charge in [0, 0.05) is 6.54 Å². The molecule has 0 radical (unpaired) electrons. The molecule has 6 nitrogen and oxygen atoms in total. The Morgan fingerprint density at radius 1 is 0.833 bits per heavy atom. The summed E-state index contributed by atoms with van der Waals surface area (Å²) in [6.45, 7) is 0.345. The number of aliphatic imine (C=N–C) groups is 1. The van der Waals surface area contributed by atoms with E-state index in [4.69, 9.17) is 0 Å². The Kier molecular flexibility index (Phi) is 5.57. The normalized spacial score (nSPS) is 16.0. The lowest BCUT2D eigenvalue weighted by molar-refractivity contribution is -0.123. The number of nitrogens with one attached hydrogen (secondary N) is 3. The molecule has 0 bridgehead atoms. The van der Waals surface area contributed by atoms with Crippen LogP contribution in [0.15, 0.2) is 96.0 Å². The first-order valence-corrected chi connectivity index (χ1v) is 9.74. The summed E-state index contributed by atoms with van der Waals surface area (Å²) in [4.78, 5) is 29.6. The zero-order valence-corrected chi connectivity index (χ0v) is 16.3. The maximum atomic E-state index is 13.1. The third kappa shape index (κ3) is 3.93. The summed E-state index contributed by atoms with van der Waals surface area (Å²) >= 11 is 0. The van der Waals surface area contributed by atoms with Crippen LogP contribution in [-0.4, -0.2) is 24.3 Å². The molecule has 4 rings (SSSR count). The van der Waals surface area contributed by atoms with E-state index < -0.39 is 5.54 Å². The third-order valence-electron chi connectivity index (χ3n) is 5.01. The second kappa shape index (κ2) is 8.61. The highest BCUT2D eigenvalue weighted by Gasteiger charge is 2.48. The number of carbonyl (C=O) groups excluding carboxylic acids is 2. The molecule has 0 atom stereocenters. The van der Waals surface area contributed by atoms with Gasteiger partial charge in [-0.05, 0) is 16.7 Å². The number of benzene rings is 3. The molecule has 0 aliphatic carbocycles. The molecule has 0 unspecified atom stereocenters. The minimum Gasteiger partial charge on any atom is -0.350 e. The second-order valence-electron chi connectivity index (χ2n) is 6.99. The van der Waals surface area contributed by atoms with Gasteiger partial charge >= 0.3 is 0 Å². The Labute approximate surface area is 175 Å². The van der Waals surface area contributed by atoms with Crippen molar-refractivity contribution in [2.24, 2.45) is 4.99 Å². The largest absolute Gasteiger partial charge is 0.350 e. The number of rotatable bonds is 6. The summed E-state index contributed by atoms with van der Waals surface area (Å²) in [5.74, 6) is -0.176. The van der Waals surface area contributed by atoms with Gasteiger partial charge in [0.05, 0.1) is 0 Å². The quantitative estimate of drug-likeness (QED) is 0.596. The van der Waals surface area contributed by atoms with Gasteiger partial charge < -0.3 is 10.6 Å². The van der Waals surface area contributed by atoms with Crippen LogP contribution in [0.3, 0.4) is 0 Å². The van der Waals surface area contributed by atoms with Crippen molar-refractivity contribution in [3.63, 3.8) is 0 Å². The lowest BCUT2D eigenvalue weighted by Crippen LogP contribution is -2.45. The van der Waals surface area contributed by atoms with Crippen molar-refractivity contribution in [1.29, 1.82) is 0 Å². The van der Waals surface area contributed by atoms with Crippen LogP contribution in [0.1, 0.15) is 16.7 Å². The molecule has 0 aromatic heterocycles. The Hall–Kier alpha value is -3.93. The fourth-order valence-corrected chi connectivity index (χ4v) is 3.50. The van der Waals surface area contributed by atoms with E-state index in [-0.39, 0.29) is 24.3 Å². The number of guanidine groups is 1. The Morgan fingerprint density at radius 2 is 1.37 bits per heavy atom. The van der Waals surface area contributed by atoms with Crippen molar-refractivity contribution >= 4 is 17.8 Å². The first-order chi connectivity index (χ1) is 14.7. The van der Waals surface area contributed by atoms with E-state index in [2.05, 4.69) is 20.9 Å². The standard InChI is InChI=1S/C24H22N4O2/c29-21(25-16-18-10-4-1-5-11-18)17-26-23-27-22(30)24(28-23,19-12-6-2-7-13-19)20-14-8-3-9-15-20/h1-15H,16-17H2,(H,25,29)(H2,26,27,28,30). The number of carbonyl (C=O) groups is 2.